The lowest BCUT2D eigenvalue weighted by Crippen LogP contribution is -2.31. The summed E-state index contributed by atoms with van der Waals surface area (Å²) in [7, 11) is 1.22. The summed E-state index contributed by atoms with van der Waals surface area (Å²) in [5.41, 5.74) is 0.528. The molecule has 7 nitrogen and oxygen atoms in total. The predicted octanol–water partition coefficient (Wildman–Crippen LogP) is 0.857. The number of esters is 1. The van der Waals surface area contributed by atoms with Crippen molar-refractivity contribution in [3.63, 3.8) is 0 Å². The quantitative estimate of drug-likeness (QED) is 0.770. The van der Waals surface area contributed by atoms with E-state index in [1.54, 1.807) is 0 Å². The van der Waals surface area contributed by atoms with Crippen molar-refractivity contribution >= 4 is 11.9 Å². The SMILES string of the molecule is COC(=O)CNC(=O)c1cc(=O)c(OCc2ccccc2)c[nH]1. The average Bonchev–Trinajstić information content (AvgIpc) is 2.59. The van der Waals surface area contributed by atoms with Gasteiger partial charge in [0.25, 0.3) is 5.91 Å². The molecule has 0 aliphatic rings. The molecule has 0 aliphatic carbocycles. The second kappa shape index (κ2) is 7.79. The van der Waals surface area contributed by atoms with Gasteiger partial charge in [0.1, 0.15) is 18.8 Å². The summed E-state index contributed by atoms with van der Waals surface area (Å²) in [5.74, 6) is -1.05. The van der Waals surface area contributed by atoms with E-state index in [1.807, 2.05) is 30.3 Å². The van der Waals surface area contributed by atoms with Crippen LogP contribution in [-0.2, 0) is 16.1 Å². The highest BCUT2D eigenvalue weighted by Gasteiger charge is 2.11. The van der Waals surface area contributed by atoms with E-state index in [0.29, 0.717) is 0 Å². The fourth-order valence-corrected chi connectivity index (χ4v) is 1.76. The van der Waals surface area contributed by atoms with Crippen molar-refractivity contribution in [3.8, 4) is 5.75 Å². The van der Waals surface area contributed by atoms with Crippen LogP contribution in [0.2, 0.25) is 0 Å². The zero-order valence-corrected chi connectivity index (χ0v) is 12.5. The van der Waals surface area contributed by atoms with Gasteiger partial charge in [-0.15, -0.1) is 0 Å². The molecule has 1 aromatic carbocycles. The number of pyridine rings is 1. The van der Waals surface area contributed by atoms with E-state index < -0.39 is 17.3 Å². The summed E-state index contributed by atoms with van der Waals surface area (Å²) in [6, 6.07) is 10.5. The maximum Gasteiger partial charge on any atom is 0.325 e. The summed E-state index contributed by atoms with van der Waals surface area (Å²) >= 11 is 0. The van der Waals surface area contributed by atoms with Gasteiger partial charge in [-0.25, -0.2) is 0 Å². The van der Waals surface area contributed by atoms with Crippen LogP contribution in [0.3, 0.4) is 0 Å². The molecule has 0 saturated carbocycles. The van der Waals surface area contributed by atoms with Gasteiger partial charge in [-0.1, -0.05) is 30.3 Å². The molecule has 0 spiro atoms. The number of amides is 1. The van der Waals surface area contributed by atoms with E-state index in [-0.39, 0.29) is 24.6 Å². The van der Waals surface area contributed by atoms with Crippen molar-refractivity contribution < 1.29 is 19.1 Å². The third kappa shape index (κ3) is 4.70. The molecule has 1 amide bonds. The van der Waals surface area contributed by atoms with Crippen molar-refractivity contribution in [2.75, 3.05) is 13.7 Å². The molecule has 0 aliphatic heterocycles. The minimum atomic E-state index is -0.581. The van der Waals surface area contributed by atoms with E-state index in [4.69, 9.17) is 4.74 Å². The summed E-state index contributed by atoms with van der Waals surface area (Å²) in [6.45, 7) is -0.0264. The predicted molar refractivity (Wildman–Crippen MR) is 82.2 cm³/mol. The molecule has 2 aromatic rings. The van der Waals surface area contributed by atoms with Crippen LogP contribution in [0.15, 0.2) is 47.4 Å². The Morgan fingerprint density at radius 1 is 1.22 bits per heavy atom. The summed E-state index contributed by atoms with van der Waals surface area (Å²) in [6.07, 6.45) is 1.32. The van der Waals surface area contributed by atoms with E-state index in [9.17, 15) is 14.4 Å². The van der Waals surface area contributed by atoms with E-state index in [0.717, 1.165) is 11.6 Å². The van der Waals surface area contributed by atoms with Crippen molar-refractivity contribution in [1.82, 2.24) is 10.3 Å². The van der Waals surface area contributed by atoms with E-state index in [1.165, 1.54) is 13.3 Å². The minimum Gasteiger partial charge on any atom is -0.483 e. The van der Waals surface area contributed by atoms with Crippen LogP contribution in [-0.4, -0.2) is 30.5 Å². The summed E-state index contributed by atoms with van der Waals surface area (Å²) in [5, 5.41) is 2.33. The van der Waals surface area contributed by atoms with Crippen LogP contribution in [0.5, 0.6) is 5.75 Å². The molecule has 2 N–H and O–H groups in total. The number of rotatable bonds is 6. The number of aromatic nitrogens is 1. The Morgan fingerprint density at radius 2 is 1.96 bits per heavy atom. The highest BCUT2D eigenvalue weighted by molar-refractivity contribution is 5.94. The molecule has 0 saturated heterocycles. The van der Waals surface area contributed by atoms with Gasteiger partial charge in [0, 0.05) is 12.3 Å². The molecule has 120 valence electrons. The molecule has 0 atom stereocenters. The Hall–Kier alpha value is -3.09. The summed E-state index contributed by atoms with van der Waals surface area (Å²) < 4.78 is 9.83. The maximum absolute atomic E-state index is 11.9. The zero-order valence-electron chi connectivity index (χ0n) is 12.5. The zero-order chi connectivity index (χ0) is 16.7. The monoisotopic (exact) mass is 316 g/mol. The standard InChI is InChI=1S/C16H16N2O5/c1-22-15(20)9-18-16(21)12-7-13(19)14(8-17-12)23-10-11-5-3-2-4-6-11/h2-8H,9-10H2,1H3,(H,17,19)(H,18,21). The van der Waals surface area contributed by atoms with Crippen molar-refractivity contribution in [2.45, 2.75) is 6.61 Å². The van der Waals surface area contributed by atoms with Gasteiger partial charge in [-0.3, -0.25) is 14.4 Å². The number of methoxy groups -OCH3 is 1. The van der Waals surface area contributed by atoms with Crippen LogP contribution in [0.25, 0.3) is 0 Å². The first-order valence-corrected chi connectivity index (χ1v) is 6.84. The largest absolute Gasteiger partial charge is 0.483 e. The van der Waals surface area contributed by atoms with Gasteiger partial charge in [0.2, 0.25) is 5.43 Å². The summed E-state index contributed by atoms with van der Waals surface area (Å²) in [4.78, 5) is 37.3. The van der Waals surface area contributed by atoms with Gasteiger partial charge in [0.15, 0.2) is 5.75 Å². The number of benzene rings is 1. The molecular weight excluding hydrogens is 300 g/mol. The Morgan fingerprint density at radius 3 is 2.61 bits per heavy atom. The van der Waals surface area contributed by atoms with Crippen molar-refractivity contribution in [2.24, 2.45) is 0 Å². The van der Waals surface area contributed by atoms with Crippen LogP contribution < -0.4 is 15.5 Å². The fraction of sp³-hybridized carbons (Fsp3) is 0.188. The average molecular weight is 316 g/mol. The third-order valence-electron chi connectivity index (χ3n) is 2.98. The Labute approximate surface area is 132 Å². The molecular formula is C16H16N2O5. The molecule has 23 heavy (non-hydrogen) atoms. The molecule has 1 heterocycles. The number of nitrogens with one attached hydrogen (secondary N) is 2. The van der Waals surface area contributed by atoms with Gasteiger partial charge < -0.3 is 19.8 Å². The van der Waals surface area contributed by atoms with E-state index in [2.05, 4.69) is 15.0 Å². The van der Waals surface area contributed by atoms with Crippen LogP contribution >= 0.6 is 0 Å². The van der Waals surface area contributed by atoms with Crippen LogP contribution in [0.1, 0.15) is 16.1 Å². The maximum atomic E-state index is 11.9. The minimum absolute atomic E-state index is 0.0333. The van der Waals surface area contributed by atoms with Crippen molar-refractivity contribution in [3.05, 3.63) is 64.1 Å². The van der Waals surface area contributed by atoms with Crippen LogP contribution in [0, 0.1) is 0 Å². The second-order valence-electron chi connectivity index (χ2n) is 4.61. The lowest BCUT2D eigenvalue weighted by Gasteiger charge is -2.07. The number of H-pyrrole nitrogens is 1. The van der Waals surface area contributed by atoms with Gasteiger partial charge in [-0.05, 0) is 5.56 Å². The number of carbonyl (C=O) groups excluding carboxylic acids is 2. The first kappa shape index (κ1) is 16.3. The fourth-order valence-electron chi connectivity index (χ4n) is 1.76. The topological polar surface area (TPSA) is 97.5 Å². The Bertz CT molecular complexity index is 740. The van der Waals surface area contributed by atoms with E-state index >= 15 is 0 Å². The van der Waals surface area contributed by atoms with Gasteiger partial charge in [0.05, 0.1) is 7.11 Å². The smallest absolute Gasteiger partial charge is 0.325 e. The normalized spacial score (nSPS) is 9.96. The first-order chi connectivity index (χ1) is 11.1. The molecule has 0 unspecified atom stereocenters. The molecule has 0 bridgehead atoms. The number of aromatic amines is 1. The van der Waals surface area contributed by atoms with Crippen LogP contribution in [0.4, 0.5) is 0 Å². The number of ether oxygens (including phenoxy) is 2. The van der Waals surface area contributed by atoms with Crippen molar-refractivity contribution in [1.29, 1.82) is 0 Å². The third-order valence-corrected chi connectivity index (χ3v) is 2.98. The lowest BCUT2D eigenvalue weighted by molar-refractivity contribution is -0.139. The Balaban J connectivity index is 1.99. The second-order valence-corrected chi connectivity index (χ2v) is 4.61. The van der Waals surface area contributed by atoms with Gasteiger partial charge >= 0.3 is 5.97 Å². The van der Waals surface area contributed by atoms with Gasteiger partial charge in [-0.2, -0.15) is 0 Å². The molecule has 2 rings (SSSR count). The number of carbonyl (C=O) groups is 2. The highest BCUT2D eigenvalue weighted by Crippen LogP contribution is 2.07. The molecule has 0 radical (unpaired) electrons. The number of hydrogen-bond donors (Lipinski definition) is 2. The molecule has 0 fully saturated rings. The Kier molecular flexibility index (Phi) is 5.51. The highest BCUT2D eigenvalue weighted by atomic mass is 16.5. The molecule has 7 heteroatoms. The number of hydrogen-bond acceptors (Lipinski definition) is 5. The lowest BCUT2D eigenvalue weighted by atomic mass is 10.2. The first-order valence-electron chi connectivity index (χ1n) is 6.84. The molecule has 1 aromatic heterocycles.